The first-order valence-electron chi connectivity index (χ1n) is 9.66. The van der Waals surface area contributed by atoms with Crippen LogP contribution in [-0.2, 0) is 24.3 Å². The van der Waals surface area contributed by atoms with Gasteiger partial charge in [0.2, 0.25) is 10.0 Å². The molecule has 3 rings (SSSR count). The van der Waals surface area contributed by atoms with Crippen LogP contribution in [0, 0.1) is 5.92 Å². The zero-order valence-corrected chi connectivity index (χ0v) is 19.3. The first-order chi connectivity index (χ1) is 14.8. The predicted octanol–water partition coefficient (Wildman–Crippen LogP) is 3.64. The van der Waals surface area contributed by atoms with Crippen LogP contribution in [0.4, 0.5) is 5.69 Å². The van der Waals surface area contributed by atoms with Gasteiger partial charge in [0.15, 0.2) is 6.61 Å². The minimum absolute atomic E-state index is 0.167. The molecule has 1 N–H and O–H groups in total. The lowest BCUT2D eigenvalue weighted by Crippen LogP contribution is -2.40. The van der Waals surface area contributed by atoms with Gasteiger partial charge in [0, 0.05) is 23.0 Å². The van der Waals surface area contributed by atoms with Crippen molar-refractivity contribution in [3.8, 4) is 0 Å². The molecular weight excluding hydrogens is 460 g/mol. The molecule has 0 bridgehead atoms. The number of piperidine rings is 1. The smallest absolute Gasteiger partial charge is 0.309 e. The van der Waals surface area contributed by atoms with Gasteiger partial charge in [-0.1, -0.05) is 23.7 Å². The first kappa shape index (κ1) is 23.6. The predicted molar refractivity (Wildman–Crippen MR) is 121 cm³/mol. The van der Waals surface area contributed by atoms with Gasteiger partial charge in [-0.15, -0.1) is 11.8 Å². The van der Waals surface area contributed by atoms with E-state index in [-0.39, 0.29) is 24.6 Å². The second-order valence-corrected chi connectivity index (χ2v) is 10.2. The van der Waals surface area contributed by atoms with Crippen molar-refractivity contribution in [3.63, 3.8) is 0 Å². The van der Waals surface area contributed by atoms with Crippen molar-refractivity contribution in [2.75, 3.05) is 31.3 Å². The van der Waals surface area contributed by atoms with Gasteiger partial charge in [-0.05, 0) is 55.5 Å². The third-order valence-electron chi connectivity index (χ3n) is 4.97. The number of carbonyl (C=O) groups is 2. The molecule has 0 aliphatic carbocycles. The van der Waals surface area contributed by atoms with Crippen molar-refractivity contribution in [3.05, 3.63) is 53.6 Å². The lowest BCUT2D eigenvalue weighted by Gasteiger charge is -2.30. The number of nitrogens with one attached hydrogen (secondary N) is 1. The number of nitrogens with zero attached hydrogens (tertiary/aromatic N) is 1. The average molecular weight is 483 g/mol. The lowest BCUT2D eigenvalue weighted by molar-refractivity contribution is -0.152. The van der Waals surface area contributed by atoms with Crippen LogP contribution < -0.4 is 5.32 Å². The van der Waals surface area contributed by atoms with E-state index < -0.39 is 27.8 Å². The van der Waals surface area contributed by atoms with E-state index in [1.165, 1.54) is 40.3 Å². The summed E-state index contributed by atoms with van der Waals surface area (Å²) in [7, 11) is -3.64. The Kier molecular flexibility index (Phi) is 7.99. The van der Waals surface area contributed by atoms with E-state index in [1.807, 2.05) is 24.5 Å². The van der Waals surface area contributed by atoms with Crippen LogP contribution in [-0.4, -0.2) is 50.6 Å². The lowest BCUT2D eigenvalue weighted by atomic mass is 9.98. The second-order valence-electron chi connectivity index (χ2n) is 6.99. The monoisotopic (exact) mass is 482 g/mol. The Hall–Kier alpha value is -2.07. The first-order valence-corrected chi connectivity index (χ1v) is 12.7. The van der Waals surface area contributed by atoms with Gasteiger partial charge in [-0.25, -0.2) is 8.42 Å². The van der Waals surface area contributed by atoms with E-state index in [9.17, 15) is 18.0 Å². The Morgan fingerprint density at radius 3 is 2.42 bits per heavy atom. The van der Waals surface area contributed by atoms with Crippen molar-refractivity contribution in [2.24, 2.45) is 5.92 Å². The number of halogens is 1. The summed E-state index contributed by atoms with van der Waals surface area (Å²) in [5, 5.41) is 3.19. The molecule has 1 fully saturated rings. The molecule has 0 saturated carbocycles. The molecule has 1 aliphatic rings. The van der Waals surface area contributed by atoms with Crippen molar-refractivity contribution >= 4 is 50.9 Å². The summed E-state index contributed by atoms with van der Waals surface area (Å²) in [6.07, 6.45) is 2.58. The normalized spacial score (nSPS) is 15.4. The Labute approximate surface area is 191 Å². The molecule has 2 aromatic rings. The number of benzene rings is 2. The molecule has 7 nitrogen and oxygen atoms in total. The molecule has 2 aromatic carbocycles. The highest BCUT2D eigenvalue weighted by Crippen LogP contribution is 2.26. The van der Waals surface area contributed by atoms with Crippen molar-refractivity contribution in [1.82, 2.24) is 4.31 Å². The number of hydrogen-bond donors (Lipinski definition) is 1. The van der Waals surface area contributed by atoms with E-state index in [2.05, 4.69) is 5.32 Å². The molecule has 0 aromatic heterocycles. The quantitative estimate of drug-likeness (QED) is 0.478. The van der Waals surface area contributed by atoms with Gasteiger partial charge in [0.25, 0.3) is 5.91 Å². The number of carbonyl (C=O) groups excluding carboxylic acids is 2. The number of ether oxygens (including phenoxy) is 1. The fourth-order valence-electron chi connectivity index (χ4n) is 3.28. The molecular formula is C21H23ClN2O5S2. The Morgan fingerprint density at radius 2 is 1.77 bits per heavy atom. The molecule has 166 valence electrons. The van der Waals surface area contributed by atoms with Crippen molar-refractivity contribution in [1.29, 1.82) is 0 Å². The van der Waals surface area contributed by atoms with E-state index in [1.54, 1.807) is 6.07 Å². The summed E-state index contributed by atoms with van der Waals surface area (Å²) >= 11 is 7.33. The van der Waals surface area contributed by atoms with Crippen LogP contribution in [0.1, 0.15) is 12.8 Å². The fraction of sp³-hybridized carbons (Fsp3) is 0.333. The molecule has 0 unspecified atom stereocenters. The highest BCUT2D eigenvalue weighted by Gasteiger charge is 2.33. The third kappa shape index (κ3) is 6.00. The highest BCUT2D eigenvalue weighted by atomic mass is 35.5. The summed E-state index contributed by atoms with van der Waals surface area (Å²) in [6, 6.07) is 13.3. The van der Waals surface area contributed by atoms with Crippen LogP contribution in [0.15, 0.2) is 58.3 Å². The number of esters is 1. The van der Waals surface area contributed by atoms with Gasteiger partial charge in [0.1, 0.15) is 0 Å². The maximum Gasteiger partial charge on any atom is 0.309 e. The Balaban J connectivity index is 1.49. The van der Waals surface area contributed by atoms with Gasteiger partial charge < -0.3 is 10.1 Å². The highest BCUT2D eigenvalue weighted by molar-refractivity contribution is 7.98. The number of hydrogen-bond acceptors (Lipinski definition) is 6. The molecule has 1 amide bonds. The molecule has 0 atom stereocenters. The molecule has 10 heteroatoms. The Morgan fingerprint density at radius 1 is 1.13 bits per heavy atom. The van der Waals surface area contributed by atoms with Crippen LogP contribution in [0.5, 0.6) is 0 Å². The largest absolute Gasteiger partial charge is 0.455 e. The number of amides is 1. The zero-order chi connectivity index (χ0) is 22.4. The summed E-state index contributed by atoms with van der Waals surface area (Å²) in [5.41, 5.74) is 0.664. The molecule has 31 heavy (non-hydrogen) atoms. The van der Waals surface area contributed by atoms with Crippen LogP contribution in [0.25, 0.3) is 0 Å². The molecule has 0 spiro atoms. The minimum atomic E-state index is -3.64. The molecule has 1 saturated heterocycles. The summed E-state index contributed by atoms with van der Waals surface area (Å²) in [5.74, 6) is -1.35. The number of anilines is 1. The SMILES string of the molecule is CSc1ccccc1NC(=O)COC(=O)C1CCN(S(=O)(=O)c2ccc(Cl)cc2)CC1. The van der Waals surface area contributed by atoms with Crippen molar-refractivity contribution < 1.29 is 22.7 Å². The summed E-state index contributed by atoms with van der Waals surface area (Å²) in [4.78, 5) is 25.6. The number of thioether (sulfide) groups is 1. The number of sulfonamides is 1. The van der Waals surface area contributed by atoms with Gasteiger partial charge >= 0.3 is 5.97 Å². The van der Waals surface area contributed by atoms with Crippen LogP contribution in [0.2, 0.25) is 5.02 Å². The standard InChI is InChI=1S/C21H23ClN2O5S2/c1-30-19-5-3-2-4-18(19)23-20(25)14-29-21(26)15-10-12-24(13-11-15)31(27,28)17-8-6-16(22)7-9-17/h2-9,15H,10-14H2,1H3,(H,23,25). The fourth-order valence-corrected chi connectivity index (χ4v) is 5.43. The second kappa shape index (κ2) is 10.5. The number of para-hydroxylation sites is 1. The Bertz CT molecular complexity index is 1040. The third-order valence-corrected chi connectivity index (χ3v) is 7.93. The topological polar surface area (TPSA) is 92.8 Å². The molecule has 0 radical (unpaired) electrons. The van der Waals surface area contributed by atoms with Crippen LogP contribution >= 0.6 is 23.4 Å². The summed E-state index contributed by atoms with van der Waals surface area (Å²) in [6.45, 7) is 0.0286. The van der Waals surface area contributed by atoms with Crippen LogP contribution in [0.3, 0.4) is 0 Å². The van der Waals surface area contributed by atoms with E-state index in [4.69, 9.17) is 16.3 Å². The van der Waals surface area contributed by atoms with E-state index >= 15 is 0 Å². The average Bonchev–Trinajstić information content (AvgIpc) is 2.78. The van der Waals surface area contributed by atoms with Crippen molar-refractivity contribution in [2.45, 2.75) is 22.6 Å². The molecule has 1 heterocycles. The van der Waals surface area contributed by atoms with E-state index in [0.29, 0.717) is 23.6 Å². The maximum atomic E-state index is 12.7. The zero-order valence-electron chi connectivity index (χ0n) is 16.9. The van der Waals surface area contributed by atoms with Gasteiger partial charge in [-0.2, -0.15) is 4.31 Å². The van der Waals surface area contributed by atoms with Gasteiger partial charge in [0.05, 0.1) is 16.5 Å². The summed E-state index contributed by atoms with van der Waals surface area (Å²) < 4.78 is 32.0. The van der Waals surface area contributed by atoms with Gasteiger partial charge in [-0.3, -0.25) is 9.59 Å². The van der Waals surface area contributed by atoms with E-state index in [0.717, 1.165) is 4.90 Å². The minimum Gasteiger partial charge on any atom is -0.455 e. The molecule has 1 aliphatic heterocycles. The number of rotatable bonds is 7. The maximum absolute atomic E-state index is 12.7.